The number of carbonyl (C=O) groups excluding carboxylic acids is 1. The quantitative estimate of drug-likeness (QED) is 0.839. The fourth-order valence-electron chi connectivity index (χ4n) is 4.56. The van der Waals surface area contributed by atoms with E-state index in [1.807, 2.05) is 12.1 Å². The van der Waals surface area contributed by atoms with E-state index in [1.165, 1.54) is 0 Å². The Morgan fingerprint density at radius 2 is 1.88 bits per heavy atom. The summed E-state index contributed by atoms with van der Waals surface area (Å²) in [5, 5.41) is 3.07. The first-order valence-electron chi connectivity index (χ1n) is 9.27. The zero-order valence-corrected chi connectivity index (χ0v) is 16.2. The maximum atomic E-state index is 11.5. The van der Waals surface area contributed by atoms with Crippen LogP contribution < -0.4 is 14.8 Å². The number of amides is 1. The molecule has 1 aliphatic heterocycles. The number of benzene rings is 1. The molecular weight excluding hydrogens is 332 g/mol. The predicted octanol–water partition coefficient (Wildman–Crippen LogP) is 2.07. The number of carbonyl (C=O) groups is 1. The molecule has 1 saturated heterocycles. The minimum absolute atomic E-state index is 0.0199. The number of hydrogen-bond acceptors (Lipinski definition) is 5. The van der Waals surface area contributed by atoms with Gasteiger partial charge in [0.2, 0.25) is 5.91 Å². The van der Waals surface area contributed by atoms with Crippen molar-refractivity contribution in [3.8, 4) is 11.5 Å². The van der Waals surface area contributed by atoms with E-state index in [2.05, 4.69) is 16.3 Å². The Morgan fingerprint density at radius 3 is 2.50 bits per heavy atom. The monoisotopic (exact) mass is 362 g/mol. The van der Waals surface area contributed by atoms with Crippen LogP contribution in [0.2, 0.25) is 0 Å². The van der Waals surface area contributed by atoms with Crippen molar-refractivity contribution in [2.75, 3.05) is 34.4 Å². The largest absolute Gasteiger partial charge is 0.497 e. The van der Waals surface area contributed by atoms with E-state index in [0.717, 1.165) is 49.5 Å². The molecule has 1 saturated carbocycles. The Labute approximate surface area is 155 Å². The molecule has 1 N–H and O–H groups in total. The van der Waals surface area contributed by atoms with E-state index < -0.39 is 0 Å². The molecule has 4 atom stereocenters. The van der Waals surface area contributed by atoms with Gasteiger partial charge in [0.25, 0.3) is 0 Å². The van der Waals surface area contributed by atoms with Gasteiger partial charge in [-0.1, -0.05) is 0 Å². The third-order valence-electron chi connectivity index (χ3n) is 5.77. The summed E-state index contributed by atoms with van der Waals surface area (Å²) in [6, 6.07) is 6.06. The molecule has 0 bridgehead atoms. The van der Waals surface area contributed by atoms with Crippen LogP contribution in [-0.4, -0.2) is 57.4 Å². The summed E-state index contributed by atoms with van der Waals surface area (Å²) in [5.74, 6) is 2.97. The summed E-state index contributed by atoms with van der Waals surface area (Å²) in [4.78, 5) is 14.0. The van der Waals surface area contributed by atoms with Crippen molar-refractivity contribution >= 4 is 5.91 Å². The zero-order valence-electron chi connectivity index (χ0n) is 16.2. The molecule has 1 aromatic rings. The van der Waals surface area contributed by atoms with Gasteiger partial charge in [0, 0.05) is 39.2 Å². The minimum Gasteiger partial charge on any atom is -0.497 e. The van der Waals surface area contributed by atoms with Gasteiger partial charge in [0.1, 0.15) is 11.5 Å². The van der Waals surface area contributed by atoms with Gasteiger partial charge < -0.3 is 19.5 Å². The van der Waals surface area contributed by atoms with Crippen LogP contribution in [-0.2, 0) is 16.1 Å². The number of methoxy groups -OCH3 is 3. The number of fused-ring (bicyclic) bond motifs is 1. The van der Waals surface area contributed by atoms with Gasteiger partial charge in [-0.15, -0.1) is 0 Å². The molecule has 0 aromatic heterocycles. The number of ether oxygens (including phenoxy) is 3. The highest BCUT2D eigenvalue weighted by Gasteiger charge is 2.42. The second-order valence-corrected chi connectivity index (χ2v) is 7.44. The second kappa shape index (κ2) is 8.27. The van der Waals surface area contributed by atoms with Gasteiger partial charge in [-0.05, 0) is 42.9 Å². The minimum atomic E-state index is 0.0199. The molecule has 1 aromatic carbocycles. The lowest BCUT2D eigenvalue weighted by molar-refractivity contribution is -0.121. The number of nitrogens with zero attached hydrogens (tertiary/aromatic N) is 1. The van der Waals surface area contributed by atoms with Gasteiger partial charge >= 0.3 is 0 Å². The van der Waals surface area contributed by atoms with E-state index in [4.69, 9.17) is 14.2 Å². The zero-order chi connectivity index (χ0) is 18.7. The molecule has 2 fully saturated rings. The number of rotatable bonds is 6. The van der Waals surface area contributed by atoms with Crippen molar-refractivity contribution in [3.05, 3.63) is 23.8 Å². The first-order valence-corrected chi connectivity index (χ1v) is 9.27. The lowest BCUT2D eigenvalue weighted by atomic mass is 9.77. The fraction of sp³-hybridized carbons (Fsp3) is 0.650. The molecular formula is C20H30N2O4. The summed E-state index contributed by atoms with van der Waals surface area (Å²) < 4.78 is 16.5. The van der Waals surface area contributed by atoms with Crippen molar-refractivity contribution in [1.29, 1.82) is 0 Å². The van der Waals surface area contributed by atoms with E-state index >= 15 is 0 Å². The van der Waals surface area contributed by atoms with Crippen LogP contribution in [0, 0.1) is 11.8 Å². The van der Waals surface area contributed by atoms with Crippen molar-refractivity contribution in [2.45, 2.75) is 38.5 Å². The Balaban J connectivity index is 1.68. The van der Waals surface area contributed by atoms with Crippen LogP contribution >= 0.6 is 0 Å². The summed E-state index contributed by atoms with van der Waals surface area (Å²) in [6.45, 7) is 4.51. The third kappa shape index (κ3) is 4.13. The first-order chi connectivity index (χ1) is 12.5. The predicted molar refractivity (Wildman–Crippen MR) is 99.4 cm³/mol. The van der Waals surface area contributed by atoms with Crippen LogP contribution in [0.5, 0.6) is 11.5 Å². The highest BCUT2D eigenvalue weighted by molar-refractivity contribution is 5.73. The van der Waals surface area contributed by atoms with Crippen LogP contribution in [0.1, 0.15) is 25.3 Å². The Morgan fingerprint density at radius 1 is 1.15 bits per heavy atom. The standard InChI is InChI=1S/C20H30N2O4/c1-13(23)21-18-8-14-10-22(11-15(14)9-20(18)26-4)12-16-7-17(24-2)5-6-19(16)25-3/h5-7,14-15,18,20H,8-12H2,1-4H3,(H,21,23)/t14-,15+,18-,20-/m1/s1. The van der Waals surface area contributed by atoms with E-state index in [1.54, 1.807) is 28.3 Å². The Hall–Kier alpha value is -1.79. The summed E-state index contributed by atoms with van der Waals surface area (Å²) >= 11 is 0. The average Bonchev–Trinajstić information content (AvgIpc) is 3.01. The molecule has 2 aliphatic rings. The molecule has 3 rings (SSSR count). The normalized spacial score (nSPS) is 28.5. The van der Waals surface area contributed by atoms with E-state index in [0.29, 0.717) is 11.8 Å². The van der Waals surface area contributed by atoms with Gasteiger partial charge in [0.15, 0.2) is 0 Å². The smallest absolute Gasteiger partial charge is 0.217 e. The topological polar surface area (TPSA) is 60.0 Å². The highest BCUT2D eigenvalue weighted by Crippen LogP contribution is 2.38. The molecule has 6 nitrogen and oxygen atoms in total. The highest BCUT2D eigenvalue weighted by atomic mass is 16.5. The van der Waals surface area contributed by atoms with Crippen LogP contribution in [0.15, 0.2) is 18.2 Å². The molecule has 26 heavy (non-hydrogen) atoms. The number of likely N-dealkylation sites (tertiary alicyclic amines) is 1. The molecule has 6 heteroatoms. The van der Waals surface area contributed by atoms with Crippen molar-refractivity contribution in [2.24, 2.45) is 11.8 Å². The fourth-order valence-corrected chi connectivity index (χ4v) is 4.56. The van der Waals surface area contributed by atoms with Gasteiger partial charge in [-0.2, -0.15) is 0 Å². The SMILES string of the molecule is COc1ccc(OC)c(CN2C[C@H]3C[C@@H](NC(C)=O)[C@H](OC)C[C@H]3C2)c1. The molecule has 144 valence electrons. The van der Waals surface area contributed by atoms with Gasteiger partial charge in [-0.3, -0.25) is 9.69 Å². The molecule has 1 heterocycles. The first kappa shape index (κ1) is 19.0. The van der Waals surface area contributed by atoms with Gasteiger partial charge in [-0.25, -0.2) is 0 Å². The average molecular weight is 362 g/mol. The van der Waals surface area contributed by atoms with Crippen LogP contribution in [0.25, 0.3) is 0 Å². The maximum absolute atomic E-state index is 11.5. The number of hydrogen-bond donors (Lipinski definition) is 1. The molecule has 0 unspecified atom stereocenters. The summed E-state index contributed by atoms with van der Waals surface area (Å²) in [5.41, 5.74) is 1.15. The van der Waals surface area contributed by atoms with Crippen LogP contribution in [0.3, 0.4) is 0 Å². The Bertz CT molecular complexity index is 636. The van der Waals surface area contributed by atoms with Crippen molar-refractivity contribution in [3.63, 3.8) is 0 Å². The van der Waals surface area contributed by atoms with Gasteiger partial charge in [0.05, 0.1) is 26.4 Å². The summed E-state index contributed by atoms with van der Waals surface area (Å²) in [6.07, 6.45) is 2.08. The lowest BCUT2D eigenvalue weighted by Gasteiger charge is -2.37. The third-order valence-corrected chi connectivity index (χ3v) is 5.77. The maximum Gasteiger partial charge on any atom is 0.217 e. The summed E-state index contributed by atoms with van der Waals surface area (Å²) in [7, 11) is 5.13. The van der Waals surface area contributed by atoms with Crippen LogP contribution in [0.4, 0.5) is 0 Å². The number of nitrogens with one attached hydrogen (secondary N) is 1. The van der Waals surface area contributed by atoms with E-state index in [-0.39, 0.29) is 18.1 Å². The van der Waals surface area contributed by atoms with Crippen molar-refractivity contribution in [1.82, 2.24) is 10.2 Å². The second-order valence-electron chi connectivity index (χ2n) is 7.44. The Kier molecular flexibility index (Phi) is 6.04. The molecule has 1 amide bonds. The molecule has 1 aliphatic carbocycles. The molecule has 0 radical (unpaired) electrons. The van der Waals surface area contributed by atoms with E-state index in [9.17, 15) is 4.79 Å². The molecule has 0 spiro atoms. The van der Waals surface area contributed by atoms with Crippen molar-refractivity contribution < 1.29 is 19.0 Å². The lowest BCUT2D eigenvalue weighted by Crippen LogP contribution is -2.49.